The number of esters is 1. The number of alkyl halides is 3. The number of unbranched alkanes of at least 4 members (excludes halogenated alkanes) is 3. The first kappa shape index (κ1) is 33.2. The Morgan fingerprint density at radius 2 is 1.93 bits per heavy atom. The van der Waals surface area contributed by atoms with Crippen LogP contribution in [0.25, 0.3) is 0 Å². The van der Waals surface area contributed by atoms with E-state index in [1.54, 1.807) is 0 Å². The van der Waals surface area contributed by atoms with Crippen molar-refractivity contribution >= 4 is 12.1 Å². The molecule has 3 aliphatic rings. The summed E-state index contributed by atoms with van der Waals surface area (Å²) in [5.74, 6) is -5.73. The van der Waals surface area contributed by atoms with Crippen molar-refractivity contribution in [2.75, 3.05) is 19.7 Å². The Labute approximate surface area is 236 Å². The Hall–Kier alpha value is -2.31. The molecule has 13 nitrogen and oxygen atoms in total. The van der Waals surface area contributed by atoms with E-state index in [0.717, 1.165) is 37.8 Å². The highest BCUT2D eigenvalue weighted by atomic mass is 19.4. The van der Waals surface area contributed by atoms with Gasteiger partial charge in [0.25, 0.3) is 0 Å². The summed E-state index contributed by atoms with van der Waals surface area (Å²) in [6.07, 6.45) is -3.39. The maximum absolute atomic E-state index is 13.0. The summed E-state index contributed by atoms with van der Waals surface area (Å²) in [5, 5.41) is 34.4. The highest BCUT2D eigenvalue weighted by molar-refractivity contribution is 5.91. The lowest BCUT2D eigenvalue weighted by Crippen LogP contribution is -2.83. The van der Waals surface area contributed by atoms with Gasteiger partial charge in [-0.05, 0) is 12.8 Å². The third kappa shape index (κ3) is 7.02. The number of nitrogens with one attached hydrogen (secondary N) is 4. The second kappa shape index (κ2) is 13.3. The van der Waals surface area contributed by atoms with Gasteiger partial charge in [0, 0.05) is 13.1 Å². The molecule has 3 rings (SSSR count). The van der Waals surface area contributed by atoms with Crippen LogP contribution in [0.1, 0.15) is 46.0 Å². The molecule has 0 aromatic heterocycles. The predicted molar refractivity (Wildman–Crippen MR) is 141 cm³/mol. The van der Waals surface area contributed by atoms with Crippen LogP contribution in [-0.2, 0) is 14.3 Å². The molecule has 16 heteroatoms. The maximum Gasteiger partial charge on any atom is 0.407 e. The quantitative estimate of drug-likeness (QED) is 0.0481. The molecule has 1 amide bonds. The molecule has 3 heterocycles. The molecule has 1 spiro atoms. The number of carbonyl (C=O) groups excluding carboxylic acids is 2. The fourth-order valence-electron chi connectivity index (χ4n) is 5.54. The summed E-state index contributed by atoms with van der Waals surface area (Å²) in [6.45, 7) is 6.84. The molecule has 0 bridgehead atoms. The molecule has 3 aliphatic heterocycles. The van der Waals surface area contributed by atoms with Crippen molar-refractivity contribution in [2.24, 2.45) is 17.4 Å². The van der Waals surface area contributed by atoms with Crippen molar-refractivity contribution in [1.82, 2.24) is 26.2 Å². The second-order valence-electron chi connectivity index (χ2n) is 10.5. The van der Waals surface area contributed by atoms with Gasteiger partial charge in [0.2, 0.25) is 5.79 Å². The van der Waals surface area contributed by atoms with Gasteiger partial charge in [0.05, 0.1) is 23.6 Å². The monoisotopic (exact) mass is 593 g/mol. The van der Waals surface area contributed by atoms with Crippen LogP contribution in [0, 0.1) is 5.92 Å². The van der Waals surface area contributed by atoms with Gasteiger partial charge in [-0.3, -0.25) is 16.0 Å². The van der Waals surface area contributed by atoms with Gasteiger partial charge in [0.15, 0.2) is 11.8 Å². The van der Waals surface area contributed by atoms with E-state index in [1.807, 2.05) is 0 Å². The zero-order valence-electron chi connectivity index (χ0n) is 23.2. The van der Waals surface area contributed by atoms with E-state index in [2.05, 4.69) is 34.8 Å². The highest BCUT2D eigenvalue weighted by Gasteiger charge is 2.75. The number of hydrogen-bond donors (Lipinski definition) is 8. The van der Waals surface area contributed by atoms with E-state index in [9.17, 15) is 33.0 Å². The number of ether oxygens (including phenoxy) is 2. The van der Waals surface area contributed by atoms with Crippen molar-refractivity contribution in [3.05, 3.63) is 24.3 Å². The summed E-state index contributed by atoms with van der Waals surface area (Å²) >= 11 is 0. The topological polar surface area (TPSA) is 196 Å². The van der Waals surface area contributed by atoms with Crippen LogP contribution in [0.15, 0.2) is 24.3 Å². The summed E-state index contributed by atoms with van der Waals surface area (Å²) in [4.78, 5) is 26.3. The van der Waals surface area contributed by atoms with Crippen LogP contribution in [0.4, 0.5) is 18.0 Å². The van der Waals surface area contributed by atoms with Gasteiger partial charge in [-0.15, -0.1) is 0 Å². The van der Waals surface area contributed by atoms with Gasteiger partial charge in [0.1, 0.15) is 19.2 Å². The van der Waals surface area contributed by atoms with Gasteiger partial charge in [-0.2, -0.15) is 13.2 Å². The molecule has 0 saturated carbocycles. The zero-order chi connectivity index (χ0) is 30.6. The summed E-state index contributed by atoms with van der Waals surface area (Å²) in [7, 11) is 0. The molecule has 3 fully saturated rings. The summed E-state index contributed by atoms with van der Waals surface area (Å²) < 4.78 is 49.8. The molecule has 0 aromatic carbocycles. The number of nitrogens with zero attached hydrogens (tertiary/aromatic N) is 1. The van der Waals surface area contributed by atoms with Gasteiger partial charge in [-0.1, -0.05) is 51.8 Å². The molecule has 0 radical (unpaired) electrons. The van der Waals surface area contributed by atoms with Crippen LogP contribution >= 0.6 is 0 Å². The lowest BCUT2D eigenvalue weighted by Gasteiger charge is -2.53. The van der Waals surface area contributed by atoms with Crippen molar-refractivity contribution in [2.45, 2.75) is 94.3 Å². The first-order chi connectivity index (χ1) is 19.2. The molecule has 7 atom stereocenters. The molecule has 3 unspecified atom stereocenters. The second-order valence-corrected chi connectivity index (χ2v) is 10.5. The van der Waals surface area contributed by atoms with Crippen molar-refractivity contribution in [3.63, 3.8) is 0 Å². The van der Waals surface area contributed by atoms with Crippen LogP contribution in [0.3, 0.4) is 0 Å². The molecular formula is C25H42F3N7O6. The van der Waals surface area contributed by atoms with Crippen molar-refractivity contribution < 1.29 is 42.4 Å². The van der Waals surface area contributed by atoms with Crippen molar-refractivity contribution in [3.8, 4) is 0 Å². The fourth-order valence-corrected chi connectivity index (χ4v) is 5.54. The number of carbonyl (C=O) groups is 2. The maximum atomic E-state index is 13.0. The lowest BCUT2D eigenvalue weighted by atomic mass is 9.85. The molecule has 10 N–H and O–H groups in total. The van der Waals surface area contributed by atoms with E-state index in [1.165, 1.54) is 11.8 Å². The Bertz CT molecular complexity index is 984. The van der Waals surface area contributed by atoms with E-state index in [4.69, 9.17) is 20.9 Å². The minimum Gasteiger partial charge on any atom is -0.452 e. The van der Waals surface area contributed by atoms with Gasteiger partial charge >= 0.3 is 18.2 Å². The Morgan fingerprint density at radius 3 is 2.56 bits per heavy atom. The van der Waals surface area contributed by atoms with Crippen LogP contribution in [0.2, 0.25) is 0 Å². The minimum absolute atomic E-state index is 0.212. The Morgan fingerprint density at radius 1 is 1.22 bits per heavy atom. The molecule has 3 saturated heterocycles. The van der Waals surface area contributed by atoms with E-state index < -0.39 is 71.9 Å². The minimum atomic E-state index is -4.50. The molecule has 41 heavy (non-hydrogen) atoms. The number of nitrogens with two attached hydrogens (primary N) is 2. The number of allylic oxidation sites excluding steroid dienone is 1. The van der Waals surface area contributed by atoms with E-state index in [-0.39, 0.29) is 19.6 Å². The number of amides is 1. The Balaban J connectivity index is 1.70. The highest BCUT2D eigenvalue weighted by Crippen LogP contribution is 2.45. The van der Waals surface area contributed by atoms with Crippen LogP contribution in [-0.4, -0.2) is 95.3 Å². The third-order valence-electron chi connectivity index (χ3n) is 7.73. The fraction of sp³-hybridized carbons (Fsp3) is 0.760. The number of halogens is 3. The molecular weight excluding hydrogens is 551 g/mol. The van der Waals surface area contributed by atoms with Crippen LogP contribution in [0.5, 0.6) is 0 Å². The lowest BCUT2D eigenvalue weighted by molar-refractivity contribution is -0.274. The first-order valence-electron chi connectivity index (χ1n) is 13.8. The molecule has 0 aliphatic carbocycles. The van der Waals surface area contributed by atoms with Crippen molar-refractivity contribution in [1.29, 1.82) is 0 Å². The van der Waals surface area contributed by atoms with Crippen LogP contribution < -0.4 is 32.7 Å². The van der Waals surface area contributed by atoms with Gasteiger partial charge < -0.3 is 36.5 Å². The normalized spacial score (nSPS) is 31.9. The number of rotatable bonds is 12. The molecule has 0 aromatic rings. The smallest absolute Gasteiger partial charge is 0.407 e. The summed E-state index contributed by atoms with van der Waals surface area (Å²) in [5.41, 5.74) is 10.2. The SMILES string of the molecule is C=C(/C=C\C(CC)C(F)(F)F)C(=O)O[C@H]1CN2C(N)N[C@@H](COC(=O)NCCCCCC)[C@@H]3N[C@H](N)NC32C1(O)O. The number of aliphatic hydroxyl groups is 2. The zero-order valence-corrected chi connectivity index (χ0v) is 23.2. The Kier molecular flexibility index (Phi) is 10.8. The predicted octanol–water partition coefficient (Wildman–Crippen LogP) is -0.384. The number of hydrogen-bond acceptors (Lipinski definition) is 12. The van der Waals surface area contributed by atoms with E-state index in [0.29, 0.717) is 6.54 Å². The van der Waals surface area contributed by atoms with E-state index >= 15 is 0 Å². The first-order valence-corrected chi connectivity index (χ1v) is 13.8. The average molecular weight is 594 g/mol. The largest absolute Gasteiger partial charge is 0.452 e. The number of alkyl carbamates (subject to hydrolysis) is 1. The molecule has 234 valence electrons. The standard InChI is InChI=1S/C25H42F3N7O6/c1-4-6-7-8-11-31-22(37)40-13-16-18-23(34-20(29)33-18)24(38,39)17(12-35(23)21(30)32-16)41-19(36)14(3)9-10-15(5-2)25(26,27)28/h9-10,15-18,20-21,32-34,38-39H,3-8,11-13,29-30H2,1-2H3,(H,31,37)/b10-9-/t15?,16-,17-,18-,20-,21?,23?/m0/s1. The third-order valence-corrected chi connectivity index (χ3v) is 7.73. The average Bonchev–Trinajstić information content (AvgIpc) is 3.36. The van der Waals surface area contributed by atoms with Gasteiger partial charge in [-0.25, -0.2) is 14.5 Å². The summed E-state index contributed by atoms with van der Waals surface area (Å²) in [6, 6.07) is -1.67.